The van der Waals surface area contributed by atoms with Gasteiger partial charge < -0.3 is 21.1 Å². The number of halogens is 3. The van der Waals surface area contributed by atoms with E-state index in [1.807, 2.05) is 52.0 Å². The Morgan fingerprint density at radius 1 is 0.837 bits per heavy atom. The van der Waals surface area contributed by atoms with E-state index < -0.39 is 62.5 Å². The van der Waals surface area contributed by atoms with Crippen molar-refractivity contribution in [2.45, 2.75) is 96.2 Å². The number of benzene rings is 3. The molecule has 0 radical (unpaired) electrons. The molecule has 12 heteroatoms. The minimum absolute atomic E-state index is 0. The maximum absolute atomic E-state index is 14.1. The van der Waals surface area contributed by atoms with Gasteiger partial charge in [-0.25, -0.2) is 17.2 Å². The summed E-state index contributed by atoms with van der Waals surface area (Å²) in [5.74, 6) is -3.74. The molecule has 270 valence electrons. The van der Waals surface area contributed by atoms with Gasteiger partial charge in [0.15, 0.2) is 9.84 Å². The Hall–Kier alpha value is -3.38. The van der Waals surface area contributed by atoms with Gasteiger partial charge in [-0.3, -0.25) is 9.59 Å². The maximum atomic E-state index is 14.1. The van der Waals surface area contributed by atoms with Crippen LogP contribution in [-0.4, -0.2) is 61.1 Å². The first-order valence-corrected chi connectivity index (χ1v) is 18.4. The molecule has 8 nitrogen and oxygen atoms in total. The average Bonchev–Trinajstić information content (AvgIpc) is 3.03. The number of carbonyl (C=O) groups excluding carboxylic acids is 2. The average molecular weight is 722 g/mol. The van der Waals surface area contributed by atoms with E-state index >= 15 is 0 Å². The molecular formula is C37H50ClF2N3O5S. The van der Waals surface area contributed by atoms with Crippen molar-refractivity contribution in [2.75, 3.05) is 12.3 Å². The summed E-state index contributed by atoms with van der Waals surface area (Å²) in [4.78, 5) is 27.2. The number of aliphatic hydroxyl groups is 1. The SMILES string of the molecule is CCCC(CCC)S(=O)(=O)CC(NC(=O)c1ccc(C)cc1)C(=O)N[C@@H](Cc1cc(F)cc(F)c1)[C@H](O)CNCc1cccc(CC)c1.Cl. The Morgan fingerprint density at radius 3 is 2.04 bits per heavy atom. The summed E-state index contributed by atoms with van der Waals surface area (Å²) in [5.41, 5.74) is 3.50. The van der Waals surface area contributed by atoms with E-state index in [4.69, 9.17) is 0 Å². The summed E-state index contributed by atoms with van der Waals surface area (Å²) >= 11 is 0. The lowest BCUT2D eigenvalue weighted by Gasteiger charge is -2.28. The standard InChI is InChI=1S/C37H49F2N3O5S.ClH/c1-5-9-32(10-6-2)48(46,47)24-34(42-36(44)29-15-13-25(4)14-16-29)37(45)41-33(20-28-18-30(38)21-31(39)19-28)35(43)23-40-22-27-12-8-11-26(7-3)17-27;/h8,11-19,21,32-35,40,43H,5-7,9-10,20,22-24H2,1-4H3,(H,41,45)(H,42,44);1H/t33-,34?,35+;/m0./s1. The van der Waals surface area contributed by atoms with Crippen LogP contribution in [0.3, 0.4) is 0 Å². The summed E-state index contributed by atoms with van der Waals surface area (Å²) in [6, 6.07) is 14.9. The van der Waals surface area contributed by atoms with Gasteiger partial charge in [-0.2, -0.15) is 0 Å². The molecule has 3 aromatic carbocycles. The summed E-state index contributed by atoms with van der Waals surface area (Å²) in [5, 5.41) is 19.1. The van der Waals surface area contributed by atoms with E-state index in [0.29, 0.717) is 32.2 Å². The molecule has 0 bridgehead atoms. The minimum Gasteiger partial charge on any atom is -0.390 e. The third-order valence-corrected chi connectivity index (χ3v) is 10.6. The number of amides is 2. The lowest BCUT2D eigenvalue weighted by molar-refractivity contribution is -0.124. The van der Waals surface area contributed by atoms with Crippen molar-refractivity contribution in [3.05, 3.63) is 106 Å². The van der Waals surface area contributed by atoms with Crippen LogP contribution in [-0.2, 0) is 34.0 Å². The van der Waals surface area contributed by atoms with Crippen LogP contribution in [0.5, 0.6) is 0 Å². The van der Waals surface area contributed by atoms with E-state index in [-0.39, 0.29) is 36.5 Å². The predicted molar refractivity (Wildman–Crippen MR) is 193 cm³/mol. The van der Waals surface area contributed by atoms with Crippen LogP contribution in [0, 0.1) is 18.6 Å². The smallest absolute Gasteiger partial charge is 0.251 e. The number of hydrogen-bond donors (Lipinski definition) is 4. The predicted octanol–water partition coefficient (Wildman–Crippen LogP) is 5.62. The van der Waals surface area contributed by atoms with Gasteiger partial charge in [0.2, 0.25) is 5.91 Å². The molecule has 0 saturated heterocycles. The molecule has 0 aromatic heterocycles. The van der Waals surface area contributed by atoms with Crippen molar-refractivity contribution in [3.8, 4) is 0 Å². The molecule has 0 fully saturated rings. The summed E-state index contributed by atoms with van der Waals surface area (Å²) in [7, 11) is -3.85. The van der Waals surface area contributed by atoms with Crippen LogP contribution in [0.15, 0.2) is 66.7 Å². The van der Waals surface area contributed by atoms with E-state index in [1.54, 1.807) is 24.3 Å². The summed E-state index contributed by atoms with van der Waals surface area (Å²) in [6.07, 6.45) is 1.55. The molecule has 0 aliphatic rings. The van der Waals surface area contributed by atoms with Gasteiger partial charge in [0.25, 0.3) is 5.91 Å². The van der Waals surface area contributed by atoms with Crippen molar-refractivity contribution < 1.29 is 31.9 Å². The largest absolute Gasteiger partial charge is 0.390 e. The van der Waals surface area contributed by atoms with Crippen LogP contribution in [0.1, 0.15) is 79.1 Å². The van der Waals surface area contributed by atoms with Crippen LogP contribution in [0.4, 0.5) is 8.78 Å². The number of rotatable bonds is 19. The number of aliphatic hydroxyl groups excluding tert-OH is 1. The number of carbonyl (C=O) groups is 2. The molecule has 2 amide bonds. The molecule has 3 aromatic rings. The summed E-state index contributed by atoms with van der Waals surface area (Å²) in [6.45, 7) is 8.11. The van der Waals surface area contributed by atoms with Crippen LogP contribution in [0.25, 0.3) is 0 Å². The highest BCUT2D eigenvalue weighted by atomic mass is 35.5. The maximum Gasteiger partial charge on any atom is 0.251 e. The zero-order chi connectivity index (χ0) is 35.3. The Kier molecular flexibility index (Phi) is 17.3. The fraction of sp³-hybridized carbons (Fsp3) is 0.459. The van der Waals surface area contributed by atoms with Gasteiger partial charge in [-0.1, -0.05) is 75.6 Å². The van der Waals surface area contributed by atoms with Crippen LogP contribution < -0.4 is 16.0 Å². The van der Waals surface area contributed by atoms with Gasteiger partial charge in [0.05, 0.1) is 23.1 Å². The quantitative estimate of drug-likeness (QED) is 0.128. The van der Waals surface area contributed by atoms with Crippen molar-refractivity contribution in [3.63, 3.8) is 0 Å². The summed E-state index contributed by atoms with van der Waals surface area (Å²) < 4.78 is 55.5. The van der Waals surface area contributed by atoms with E-state index in [0.717, 1.165) is 41.3 Å². The molecule has 0 saturated carbocycles. The highest BCUT2D eigenvalue weighted by molar-refractivity contribution is 7.92. The first-order chi connectivity index (χ1) is 22.8. The highest BCUT2D eigenvalue weighted by Crippen LogP contribution is 2.18. The molecule has 0 spiro atoms. The highest BCUT2D eigenvalue weighted by Gasteiger charge is 2.34. The number of nitrogens with one attached hydrogen (secondary N) is 3. The number of aryl methyl sites for hydroxylation is 2. The van der Waals surface area contributed by atoms with Crippen LogP contribution in [0.2, 0.25) is 0 Å². The first-order valence-electron chi connectivity index (χ1n) is 16.7. The molecule has 0 aliphatic carbocycles. The molecule has 49 heavy (non-hydrogen) atoms. The Morgan fingerprint density at radius 2 is 1.45 bits per heavy atom. The second kappa shape index (κ2) is 20.3. The van der Waals surface area contributed by atoms with Gasteiger partial charge in [-0.15, -0.1) is 12.4 Å². The van der Waals surface area contributed by atoms with Gasteiger partial charge in [-0.05, 0) is 73.6 Å². The zero-order valence-electron chi connectivity index (χ0n) is 28.7. The van der Waals surface area contributed by atoms with E-state index in [9.17, 15) is 31.9 Å². The topological polar surface area (TPSA) is 125 Å². The fourth-order valence-corrected chi connectivity index (χ4v) is 7.82. The molecule has 1 unspecified atom stereocenters. The molecule has 3 atom stereocenters. The van der Waals surface area contributed by atoms with Crippen molar-refractivity contribution in [1.29, 1.82) is 0 Å². The zero-order valence-corrected chi connectivity index (χ0v) is 30.3. The van der Waals surface area contributed by atoms with Gasteiger partial charge in [0, 0.05) is 24.7 Å². The first kappa shape index (κ1) is 41.8. The number of hydrogen-bond acceptors (Lipinski definition) is 6. The second-order valence-electron chi connectivity index (χ2n) is 12.4. The number of sulfone groups is 1. The monoisotopic (exact) mass is 721 g/mol. The third-order valence-electron chi connectivity index (χ3n) is 8.32. The Labute approximate surface area is 295 Å². The van der Waals surface area contributed by atoms with Crippen molar-refractivity contribution in [2.24, 2.45) is 0 Å². The molecule has 3 rings (SSSR count). The molecule has 0 aliphatic heterocycles. The third kappa shape index (κ3) is 13.5. The minimum atomic E-state index is -3.85. The molecule has 4 N–H and O–H groups in total. The van der Waals surface area contributed by atoms with Crippen molar-refractivity contribution >= 4 is 34.1 Å². The van der Waals surface area contributed by atoms with E-state index in [1.165, 1.54) is 0 Å². The van der Waals surface area contributed by atoms with E-state index in [2.05, 4.69) is 16.0 Å². The normalized spacial score (nSPS) is 13.3. The lowest BCUT2D eigenvalue weighted by Crippen LogP contribution is -2.57. The van der Waals surface area contributed by atoms with Gasteiger partial charge >= 0.3 is 0 Å². The fourth-order valence-electron chi connectivity index (χ4n) is 5.66. The van der Waals surface area contributed by atoms with Crippen molar-refractivity contribution in [1.82, 2.24) is 16.0 Å². The van der Waals surface area contributed by atoms with Crippen LogP contribution >= 0.6 is 12.4 Å². The Bertz CT molecular complexity index is 1580. The second-order valence-corrected chi connectivity index (χ2v) is 14.7. The molecule has 0 heterocycles. The Balaban J connectivity index is 0.00000833. The van der Waals surface area contributed by atoms with Gasteiger partial charge in [0.1, 0.15) is 17.7 Å². The molecular weight excluding hydrogens is 672 g/mol. The lowest BCUT2D eigenvalue weighted by atomic mass is 10.00.